The standard InChI is InChI=1S/C25H26N2O2/c1-18(2)25(29)27-22-15-9-14-21(16-22)26-24(28)17-23(19-10-5-3-6-11-19)20-12-7-4-8-13-20/h3-16,18,23H,17H2,1-2H3,(H,26,28)(H,27,29). The molecule has 148 valence electrons. The van der Waals surface area contributed by atoms with Crippen molar-refractivity contribution in [2.24, 2.45) is 5.92 Å². The van der Waals surface area contributed by atoms with Gasteiger partial charge in [-0.2, -0.15) is 0 Å². The molecule has 0 saturated carbocycles. The average Bonchev–Trinajstić information content (AvgIpc) is 2.73. The van der Waals surface area contributed by atoms with Crippen molar-refractivity contribution in [1.82, 2.24) is 0 Å². The second-order valence-corrected chi connectivity index (χ2v) is 7.35. The van der Waals surface area contributed by atoms with Gasteiger partial charge in [0.2, 0.25) is 11.8 Å². The lowest BCUT2D eigenvalue weighted by molar-refractivity contribution is -0.119. The van der Waals surface area contributed by atoms with E-state index in [9.17, 15) is 9.59 Å². The highest BCUT2D eigenvalue weighted by molar-refractivity contribution is 5.95. The number of hydrogen-bond acceptors (Lipinski definition) is 2. The van der Waals surface area contributed by atoms with Crippen molar-refractivity contribution in [3.05, 3.63) is 96.1 Å². The SMILES string of the molecule is CC(C)C(=O)Nc1cccc(NC(=O)CC(c2ccccc2)c2ccccc2)c1. The molecule has 3 rings (SSSR count). The van der Waals surface area contributed by atoms with E-state index in [0.29, 0.717) is 17.8 Å². The largest absolute Gasteiger partial charge is 0.326 e. The van der Waals surface area contributed by atoms with Crippen molar-refractivity contribution in [3.8, 4) is 0 Å². The molecule has 4 heteroatoms. The number of carbonyl (C=O) groups is 2. The normalized spacial score (nSPS) is 10.8. The lowest BCUT2D eigenvalue weighted by Gasteiger charge is -2.18. The van der Waals surface area contributed by atoms with Gasteiger partial charge in [0.15, 0.2) is 0 Å². The molecule has 2 N–H and O–H groups in total. The predicted octanol–water partition coefficient (Wildman–Crippen LogP) is 5.44. The zero-order valence-electron chi connectivity index (χ0n) is 16.8. The second kappa shape index (κ2) is 9.69. The van der Waals surface area contributed by atoms with Gasteiger partial charge in [-0.3, -0.25) is 9.59 Å². The van der Waals surface area contributed by atoms with E-state index in [1.54, 1.807) is 6.07 Å². The van der Waals surface area contributed by atoms with Crippen molar-refractivity contribution in [2.45, 2.75) is 26.2 Å². The van der Waals surface area contributed by atoms with Crippen LogP contribution in [-0.4, -0.2) is 11.8 Å². The third kappa shape index (κ3) is 5.79. The molecule has 0 radical (unpaired) electrons. The fraction of sp³-hybridized carbons (Fsp3) is 0.200. The molecule has 0 aliphatic heterocycles. The summed E-state index contributed by atoms with van der Waals surface area (Å²) in [6.45, 7) is 3.68. The quantitative estimate of drug-likeness (QED) is 0.568. The zero-order chi connectivity index (χ0) is 20.6. The summed E-state index contributed by atoms with van der Waals surface area (Å²) < 4.78 is 0. The topological polar surface area (TPSA) is 58.2 Å². The Morgan fingerprint density at radius 1 is 0.724 bits per heavy atom. The highest BCUT2D eigenvalue weighted by Crippen LogP contribution is 2.28. The van der Waals surface area contributed by atoms with Gasteiger partial charge in [0.1, 0.15) is 0 Å². The van der Waals surface area contributed by atoms with Gasteiger partial charge in [-0.1, -0.05) is 80.6 Å². The van der Waals surface area contributed by atoms with E-state index in [4.69, 9.17) is 0 Å². The number of hydrogen-bond donors (Lipinski definition) is 2. The molecular weight excluding hydrogens is 360 g/mol. The fourth-order valence-electron chi connectivity index (χ4n) is 3.16. The summed E-state index contributed by atoms with van der Waals surface area (Å²) in [7, 11) is 0. The molecule has 0 spiro atoms. The van der Waals surface area contributed by atoms with Gasteiger partial charge in [-0.05, 0) is 29.3 Å². The molecule has 2 amide bonds. The molecule has 3 aromatic rings. The Bertz CT molecular complexity index is 913. The molecule has 0 atom stereocenters. The minimum Gasteiger partial charge on any atom is -0.326 e. The lowest BCUT2D eigenvalue weighted by Crippen LogP contribution is -2.18. The van der Waals surface area contributed by atoms with Crippen LogP contribution in [-0.2, 0) is 9.59 Å². The number of rotatable bonds is 7. The van der Waals surface area contributed by atoms with E-state index in [1.807, 2.05) is 92.7 Å². The minimum absolute atomic E-state index is 0.0266. The number of carbonyl (C=O) groups excluding carboxylic acids is 2. The maximum absolute atomic E-state index is 12.8. The van der Waals surface area contributed by atoms with Crippen molar-refractivity contribution < 1.29 is 9.59 Å². The van der Waals surface area contributed by atoms with Gasteiger partial charge in [0.05, 0.1) is 0 Å². The Hall–Kier alpha value is -3.40. The van der Waals surface area contributed by atoms with Gasteiger partial charge < -0.3 is 10.6 Å². The van der Waals surface area contributed by atoms with Crippen molar-refractivity contribution in [3.63, 3.8) is 0 Å². The van der Waals surface area contributed by atoms with E-state index in [1.165, 1.54) is 0 Å². The summed E-state index contributed by atoms with van der Waals surface area (Å²) in [6.07, 6.45) is 0.330. The number of nitrogens with one attached hydrogen (secondary N) is 2. The maximum Gasteiger partial charge on any atom is 0.226 e. The molecule has 0 saturated heterocycles. The monoisotopic (exact) mass is 386 g/mol. The summed E-state index contributed by atoms with van der Waals surface area (Å²) in [5.41, 5.74) is 3.54. The molecule has 0 aliphatic carbocycles. The van der Waals surface area contributed by atoms with Crippen LogP contribution in [0, 0.1) is 5.92 Å². The average molecular weight is 386 g/mol. The van der Waals surface area contributed by atoms with Crippen LogP contribution in [0.1, 0.15) is 37.3 Å². The Morgan fingerprint density at radius 3 is 1.76 bits per heavy atom. The first-order valence-electron chi connectivity index (χ1n) is 9.83. The summed E-state index contributed by atoms with van der Waals surface area (Å²) >= 11 is 0. The van der Waals surface area contributed by atoms with E-state index in [-0.39, 0.29) is 23.7 Å². The Kier molecular flexibility index (Phi) is 6.80. The summed E-state index contributed by atoms with van der Waals surface area (Å²) in [6, 6.07) is 27.3. The highest BCUT2D eigenvalue weighted by atomic mass is 16.2. The molecule has 0 unspecified atom stereocenters. The van der Waals surface area contributed by atoms with Crippen molar-refractivity contribution in [1.29, 1.82) is 0 Å². The Balaban J connectivity index is 1.73. The van der Waals surface area contributed by atoms with Gasteiger partial charge in [0, 0.05) is 29.6 Å². The first kappa shape index (κ1) is 20.3. The smallest absolute Gasteiger partial charge is 0.226 e. The molecular formula is C25H26N2O2. The Labute approximate surface area is 172 Å². The van der Waals surface area contributed by atoms with Gasteiger partial charge in [0.25, 0.3) is 0 Å². The van der Waals surface area contributed by atoms with Crippen molar-refractivity contribution in [2.75, 3.05) is 10.6 Å². The van der Waals surface area contributed by atoms with Crippen LogP contribution in [0.2, 0.25) is 0 Å². The molecule has 0 bridgehead atoms. The van der Waals surface area contributed by atoms with Crippen LogP contribution in [0.3, 0.4) is 0 Å². The molecule has 4 nitrogen and oxygen atoms in total. The summed E-state index contributed by atoms with van der Waals surface area (Å²) in [4.78, 5) is 24.7. The maximum atomic E-state index is 12.8. The van der Waals surface area contributed by atoms with E-state index >= 15 is 0 Å². The third-order valence-corrected chi connectivity index (χ3v) is 4.73. The van der Waals surface area contributed by atoms with Crippen LogP contribution < -0.4 is 10.6 Å². The van der Waals surface area contributed by atoms with Crippen LogP contribution in [0.5, 0.6) is 0 Å². The minimum atomic E-state index is -0.106. The summed E-state index contributed by atoms with van der Waals surface area (Å²) in [5.74, 6) is -0.260. The van der Waals surface area contributed by atoms with Gasteiger partial charge in [-0.15, -0.1) is 0 Å². The second-order valence-electron chi connectivity index (χ2n) is 7.35. The number of amides is 2. The molecule has 0 aliphatic rings. The van der Waals surface area contributed by atoms with Crippen LogP contribution >= 0.6 is 0 Å². The molecule has 0 heterocycles. The van der Waals surface area contributed by atoms with Crippen molar-refractivity contribution >= 4 is 23.2 Å². The third-order valence-electron chi connectivity index (χ3n) is 4.73. The zero-order valence-corrected chi connectivity index (χ0v) is 16.8. The first-order valence-corrected chi connectivity index (χ1v) is 9.83. The van der Waals surface area contributed by atoms with E-state index < -0.39 is 0 Å². The van der Waals surface area contributed by atoms with Crippen LogP contribution in [0.4, 0.5) is 11.4 Å². The molecule has 29 heavy (non-hydrogen) atoms. The van der Waals surface area contributed by atoms with E-state index in [2.05, 4.69) is 10.6 Å². The fourth-order valence-corrected chi connectivity index (χ4v) is 3.16. The highest BCUT2D eigenvalue weighted by Gasteiger charge is 2.18. The Morgan fingerprint density at radius 2 is 1.24 bits per heavy atom. The summed E-state index contributed by atoms with van der Waals surface area (Å²) in [5, 5.41) is 5.82. The number of benzene rings is 3. The van der Waals surface area contributed by atoms with E-state index in [0.717, 1.165) is 11.1 Å². The molecule has 3 aromatic carbocycles. The predicted molar refractivity (Wildman–Crippen MR) is 118 cm³/mol. The molecule has 0 aromatic heterocycles. The molecule has 0 fully saturated rings. The first-order chi connectivity index (χ1) is 14.0. The lowest BCUT2D eigenvalue weighted by atomic mass is 9.88. The number of anilines is 2. The van der Waals surface area contributed by atoms with Crippen LogP contribution in [0.15, 0.2) is 84.9 Å². The van der Waals surface area contributed by atoms with Crippen LogP contribution in [0.25, 0.3) is 0 Å². The van der Waals surface area contributed by atoms with Gasteiger partial charge >= 0.3 is 0 Å². The van der Waals surface area contributed by atoms with Gasteiger partial charge in [-0.25, -0.2) is 0 Å².